The Morgan fingerprint density at radius 1 is 1.17 bits per heavy atom. The highest BCUT2D eigenvalue weighted by molar-refractivity contribution is 5.91. The van der Waals surface area contributed by atoms with Gasteiger partial charge in [-0.1, -0.05) is 35.5 Å². The van der Waals surface area contributed by atoms with E-state index in [2.05, 4.69) is 15.1 Å². The largest absolute Gasteiger partial charge is 0.337 e. The Balaban J connectivity index is 1.62. The van der Waals surface area contributed by atoms with Crippen LogP contribution in [0.2, 0.25) is 0 Å². The lowest BCUT2D eigenvalue weighted by molar-refractivity contribution is -0.116. The lowest BCUT2D eigenvalue weighted by Gasteiger charge is -2.18. The highest BCUT2D eigenvalue weighted by atomic mass is 16.5. The fourth-order valence-electron chi connectivity index (χ4n) is 3.12. The molecule has 2 aromatic heterocycles. The van der Waals surface area contributed by atoms with Crippen LogP contribution in [0.1, 0.15) is 18.5 Å². The summed E-state index contributed by atoms with van der Waals surface area (Å²) in [7, 11) is 0. The summed E-state index contributed by atoms with van der Waals surface area (Å²) < 4.78 is 6.94. The molecule has 0 fully saturated rings. The molecule has 8 nitrogen and oxygen atoms in total. The molecule has 0 aliphatic heterocycles. The predicted octanol–water partition coefficient (Wildman–Crippen LogP) is 3.08. The number of anilines is 1. The van der Waals surface area contributed by atoms with Crippen LogP contribution >= 0.6 is 0 Å². The number of aryl methyl sites for hydroxylation is 1. The van der Waals surface area contributed by atoms with Gasteiger partial charge in [-0.3, -0.25) is 9.36 Å². The van der Waals surface area contributed by atoms with Crippen molar-refractivity contribution in [2.45, 2.75) is 20.4 Å². The summed E-state index contributed by atoms with van der Waals surface area (Å²) in [6.07, 6.45) is 1.65. The first-order valence-corrected chi connectivity index (χ1v) is 9.06. The molecule has 1 N–H and O–H groups in total. The number of nitrogens with one attached hydrogen (secondary N) is 1. The minimum atomic E-state index is -0.214. The van der Waals surface area contributed by atoms with Gasteiger partial charge in [-0.15, -0.1) is 0 Å². The van der Waals surface area contributed by atoms with Gasteiger partial charge in [-0.25, -0.2) is 4.79 Å². The van der Waals surface area contributed by atoms with Gasteiger partial charge in [-0.2, -0.15) is 4.98 Å². The third-order valence-electron chi connectivity index (χ3n) is 4.53. The van der Waals surface area contributed by atoms with Crippen molar-refractivity contribution in [3.8, 4) is 17.1 Å². The number of imidazole rings is 1. The van der Waals surface area contributed by atoms with Crippen molar-refractivity contribution in [3.63, 3.8) is 0 Å². The zero-order valence-electron chi connectivity index (χ0n) is 16.0. The quantitative estimate of drug-likeness (QED) is 0.566. The number of amides is 1. The predicted molar refractivity (Wildman–Crippen MR) is 108 cm³/mol. The van der Waals surface area contributed by atoms with E-state index < -0.39 is 0 Å². The fraction of sp³-hybridized carbons (Fsp3) is 0.143. The molecular weight excluding hydrogens is 370 g/mol. The fourth-order valence-corrected chi connectivity index (χ4v) is 3.12. The molecule has 1 amide bonds. The lowest BCUT2D eigenvalue weighted by atomic mass is 10.2. The smallest absolute Gasteiger partial charge is 0.330 e. The number of rotatable bonds is 5. The topological polar surface area (TPSA) is 97.0 Å². The van der Waals surface area contributed by atoms with Crippen LogP contribution in [0.4, 0.5) is 5.69 Å². The van der Waals surface area contributed by atoms with E-state index >= 15 is 0 Å². The van der Waals surface area contributed by atoms with Crippen molar-refractivity contribution >= 4 is 11.6 Å². The van der Waals surface area contributed by atoms with Crippen LogP contribution in [-0.2, 0) is 11.3 Å². The molecule has 2 aromatic carbocycles. The highest BCUT2D eigenvalue weighted by Crippen LogP contribution is 2.21. The Morgan fingerprint density at radius 3 is 2.66 bits per heavy atom. The summed E-state index contributed by atoms with van der Waals surface area (Å²) in [5, 5.41) is 4.04. The Hall–Kier alpha value is -3.94. The minimum absolute atomic E-state index is 0.125. The maximum Gasteiger partial charge on any atom is 0.330 e. The van der Waals surface area contributed by atoms with Gasteiger partial charge in [0.05, 0.1) is 5.69 Å². The number of nitrogens with zero attached hydrogens (tertiary/aromatic N) is 4. The van der Waals surface area contributed by atoms with Crippen LogP contribution in [0.5, 0.6) is 0 Å². The number of carbonyl (C=O) groups excluding carboxylic acids is 1. The van der Waals surface area contributed by atoms with Gasteiger partial charge < -0.3 is 14.4 Å². The van der Waals surface area contributed by atoms with E-state index in [1.54, 1.807) is 15.7 Å². The van der Waals surface area contributed by atoms with Crippen molar-refractivity contribution in [2.75, 3.05) is 4.90 Å². The standard InChI is InChI=1S/C21H19N5O3/c1-14-12-22-21(28)26(14)18-10-6-7-16(11-18)20-23-19(29-24-20)13-25(15(2)27)17-8-4-3-5-9-17/h3-12H,13H2,1-2H3,(H,22,28). The van der Waals surface area contributed by atoms with E-state index in [4.69, 9.17) is 4.52 Å². The molecule has 0 aliphatic rings. The molecule has 0 atom stereocenters. The number of H-pyrrole nitrogens is 1. The SMILES string of the molecule is CC(=O)N(Cc1nc(-c2cccc(-n3c(C)c[nH]c3=O)c2)no1)c1ccccc1. The normalized spacial score (nSPS) is 10.8. The van der Waals surface area contributed by atoms with Gasteiger partial charge in [-0.05, 0) is 31.2 Å². The Morgan fingerprint density at radius 2 is 1.97 bits per heavy atom. The van der Waals surface area contributed by atoms with Gasteiger partial charge >= 0.3 is 5.69 Å². The maximum absolute atomic E-state index is 12.1. The molecule has 0 saturated carbocycles. The zero-order chi connectivity index (χ0) is 20.4. The average Bonchev–Trinajstić information content (AvgIpc) is 3.33. The van der Waals surface area contributed by atoms with E-state index in [1.807, 2.05) is 61.5 Å². The van der Waals surface area contributed by atoms with Crippen molar-refractivity contribution in [2.24, 2.45) is 0 Å². The molecule has 2 heterocycles. The number of benzene rings is 2. The monoisotopic (exact) mass is 389 g/mol. The van der Waals surface area contributed by atoms with Gasteiger partial charge in [0, 0.05) is 30.1 Å². The lowest BCUT2D eigenvalue weighted by Crippen LogP contribution is -2.27. The molecule has 4 rings (SSSR count). The third kappa shape index (κ3) is 3.73. The molecule has 0 unspecified atom stereocenters. The van der Waals surface area contributed by atoms with Crippen LogP contribution in [0, 0.1) is 6.92 Å². The number of aromatic amines is 1. The second-order valence-corrected chi connectivity index (χ2v) is 6.57. The minimum Gasteiger partial charge on any atom is -0.337 e. The summed E-state index contributed by atoms with van der Waals surface area (Å²) >= 11 is 0. The second kappa shape index (κ2) is 7.59. The van der Waals surface area contributed by atoms with E-state index in [-0.39, 0.29) is 18.1 Å². The van der Waals surface area contributed by atoms with Crippen molar-refractivity contribution in [3.05, 3.63) is 82.9 Å². The van der Waals surface area contributed by atoms with Crippen LogP contribution < -0.4 is 10.6 Å². The molecule has 0 aliphatic carbocycles. The van der Waals surface area contributed by atoms with E-state index in [0.717, 1.165) is 11.4 Å². The van der Waals surface area contributed by atoms with Gasteiger partial charge in [0.15, 0.2) is 0 Å². The highest BCUT2D eigenvalue weighted by Gasteiger charge is 2.17. The molecule has 146 valence electrons. The number of hydrogen-bond donors (Lipinski definition) is 1. The molecule has 0 spiro atoms. The molecule has 4 aromatic rings. The maximum atomic E-state index is 12.1. The van der Waals surface area contributed by atoms with E-state index in [0.29, 0.717) is 23.0 Å². The number of carbonyl (C=O) groups is 1. The van der Waals surface area contributed by atoms with E-state index in [1.165, 1.54) is 6.92 Å². The Labute approximate surface area is 166 Å². The number of para-hydroxylation sites is 1. The van der Waals surface area contributed by atoms with Gasteiger partial charge in [0.25, 0.3) is 0 Å². The Bertz CT molecular complexity index is 1210. The Kier molecular flexibility index (Phi) is 4.82. The first-order chi connectivity index (χ1) is 14.0. The average molecular weight is 389 g/mol. The molecular formula is C21H19N5O3. The molecule has 29 heavy (non-hydrogen) atoms. The van der Waals surface area contributed by atoms with Crippen LogP contribution in [0.25, 0.3) is 17.1 Å². The summed E-state index contributed by atoms with van der Waals surface area (Å²) in [5.74, 6) is 0.583. The van der Waals surface area contributed by atoms with Crippen molar-refractivity contribution in [1.29, 1.82) is 0 Å². The third-order valence-corrected chi connectivity index (χ3v) is 4.53. The van der Waals surface area contributed by atoms with Crippen LogP contribution in [-0.4, -0.2) is 25.6 Å². The van der Waals surface area contributed by atoms with Crippen molar-refractivity contribution < 1.29 is 9.32 Å². The summed E-state index contributed by atoms with van der Waals surface area (Å²) in [5.41, 5.74) is 2.74. The van der Waals surface area contributed by atoms with Crippen molar-refractivity contribution in [1.82, 2.24) is 19.7 Å². The molecule has 0 saturated heterocycles. The zero-order valence-corrected chi connectivity index (χ0v) is 16.0. The second-order valence-electron chi connectivity index (χ2n) is 6.57. The molecule has 0 bridgehead atoms. The summed E-state index contributed by atoms with van der Waals surface area (Å²) in [6, 6.07) is 16.6. The first kappa shape index (κ1) is 18.4. The summed E-state index contributed by atoms with van der Waals surface area (Å²) in [6.45, 7) is 3.50. The number of hydrogen-bond acceptors (Lipinski definition) is 5. The van der Waals surface area contributed by atoms with E-state index in [9.17, 15) is 9.59 Å². The number of aromatic nitrogens is 4. The van der Waals surface area contributed by atoms with Crippen LogP contribution in [0.3, 0.4) is 0 Å². The molecule has 0 radical (unpaired) electrons. The molecule has 8 heteroatoms. The van der Waals surface area contributed by atoms with Crippen LogP contribution in [0.15, 0.2) is 70.1 Å². The van der Waals surface area contributed by atoms with Gasteiger partial charge in [0.1, 0.15) is 6.54 Å². The summed E-state index contributed by atoms with van der Waals surface area (Å²) in [4.78, 5) is 32.8. The first-order valence-electron chi connectivity index (χ1n) is 9.06. The van der Waals surface area contributed by atoms with Gasteiger partial charge in [0.2, 0.25) is 17.6 Å².